The molecule has 1 saturated carbocycles. The number of hydrogen-bond acceptors (Lipinski definition) is 5. The number of carbonyl (C=O) groups excluding carboxylic acids is 3. The van der Waals surface area contributed by atoms with Crippen LogP contribution < -0.4 is 10.6 Å². The van der Waals surface area contributed by atoms with Gasteiger partial charge in [0.15, 0.2) is 0 Å². The zero-order chi connectivity index (χ0) is 23.7. The van der Waals surface area contributed by atoms with Crippen LogP contribution in [0.4, 0.5) is 0 Å². The van der Waals surface area contributed by atoms with Crippen LogP contribution in [0.2, 0.25) is 0 Å². The Hall–Kier alpha value is -2.57. The number of carbonyl (C=O) groups is 3. The molecule has 2 amide bonds. The predicted octanol–water partition coefficient (Wildman–Crippen LogP) is 3.34. The summed E-state index contributed by atoms with van der Waals surface area (Å²) in [5.41, 5.74) is 0.768. The van der Waals surface area contributed by atoms with Crippen LogP contribution in [-0.2, 0) is 25.5 Å². The molecule has 0 aromatic heterocycles. The molecule has 0 saturated heterocycles. The zero-order valence-electron chi connectivity index (χ0n) is 19.7. The number of methoxy groups -OCH3 is 1. The number of phenolic OH excluding ortho intramolecular Hbond substituents is 1. The smallest absolute Gasteiger partial charge is 0.328 e. The normalized spacial score (nSPS) is 17.3. The largest absolute Gasteiger partial charge is 0.508 e. The molecule has 1 aromatic rings. The first kappa shape index (κ1) is 25.7. The predicted molar refractivity (Wildman–Crippen MR) is 123 cm³/mol. The fourth-order valence-corrected chi connectivity index (χ4v) is 4.33. The molecule has 7 nitrogen and oxygen atoms in total. The number of rotatable bonds is 10. The molecule has 0 unspecified atom stereocenters. The number of amides is 2. The number of esters is 1. The van der Waals surface area contributed by atoms with E-state index in [1.807, 2.05) is 20.8 Å². The SMILES string of the molecule is COC(=O)[C@H](Cc1ccc(O)cc1)NC(=O)[C@@H](NC(=O)[C@H](C)CC1CCCCC1)C(C)C. The van der Waals surface area contributed by atoms with E-state index in [2.05, 4.69) is 10.6 Å². The minimum Gasteiger partial charge on any atom is -0.508 e. The van der Waals surface area contributed by atoms with Crippen molar-refractivity contribution >= 4 is 17.8 Å². The van der Waals surface area contributed by atoms with E-state index < -0.39 is 24.0 Å². The van der Waals surface area contributed by atoms with Gasteiger partial charge in [-0.1, -0.05) is 65.0 Å². The molecule has 2 rings (SSSR count). The number of hydrogen-bond donors (Lipinski definition) is 3. The van der Waals surface area contributed by atoms with Gasteiger partial charge in [-0.3, -0.25) is 9.59 Å². The van der Waals surface area contributed by atoms with Crippen LogP contribution in [0.25, 0.3) is 0 Å². The van der Waals surface area contributed by atoms with Gasteiger partial charge >= 0.3 is 5.97 Å². The average Bonchev–Trinajstić information content (AvgIpc) is 2.78. The Morgan fingerprint density at radius 2 is 1.62 bits per heavy atom. The molecule has 0 bridgehead atoms. The van der Waals surface area contributed by atoms with Crippen molar-refractivity contribution in [1.82, 2.24) is 10.6 Å². The maximum absolute atomic E-state index is 13.0. The molecular weight excluding hydrogens is 408 g/mol. The topological polar surface area (TPSA) is 105 Å². The van der Waals surface area contributed by atoms with Crippen LogP contribution in [0.1, 0.15) is 64.9 Å². The minimum absolute atomic E-state index is 0.123. The summed E-state index contributed by atoms with van der Waals surface area (Å²) in [6.45, 7) is 5.65. The second-order valence-electron chi connectivity index (χ2n) is 9.33. The molecule has 3 N–H and O–H groups in total. The van der Waals surface area contributed by atoms with Crippen molar-refractivity contribution in [2.75, 3.05) is 7.11 Å². The third-order valence-corrected chi connectivity index (χ3v) is 6.28. The van der Waals surface area contributed by atoms with Crippen LogP contribution in [0, 0.1) is 17.8 Å². The molecule has 1 aromatic carbocycles. The maximum Gasteiger partial charge on any atom is 0.328 e. The van der Waals surface area contributed by atoms with Crippen molar-refractivity contribution in [3.63, 3.8) is 0 Å². The lowest BCUT2D eigenvalue weighted by Crippen LogP contribution is -2.55. The van der Waals surface area contributed by atoms with Crippen molar-refractivity contribution in [2.45, 2.75) is 77.8 Å². The highest BCUT2D eigenvalue weighted by atomic mass is 16.5. The van der Waals surface area contributed by atoms with Crippen LogP contribution >= 0.6 is 0 Å². The molecule has 0 spiro atoms. The van der Waals surface area contributed by atoms with E-state index in [4.69, 9.17) is 4.74 Å². The minimum atomic E-state index is -0.894. The van der Waals surface area contributed by atoms with Gasteiger partial charge in [0, 0.05) is 12.3 Å². The van der Waals surface area contributed by atoms with E-state index in [1.54, 1.807) is 12.1 Å². The van der Waals surface area contributed by atoms with Crippen LogP contribution in [0.15, 0.2) is 24.3 Å². The van der Waals surface area contributed by atoms with E-state index in [0.717, 1.165) is 12.0 Å². The van der Waals surface area contributed by atoms with Gasteiger partial charge in [0.05, 0.1) is 7.11 Å². The van der Waals surface area contributed by atoms with Gasteiger partial charge in [-0.05, 0) is 36.0 Å². The van der Waals surface area contributed by atoms with Gasteiger partial charge < -0.3 is 20.5 Å². The van der Waals surface area contributed by atoms with Gasteiger partial charge in [0.1, 0.15) is 17.8 Å². The summed E-state index contributed by atoms with van der Waals surface area (Å²) in [6, 6.07) is 4.78. The van der Waals surface area contributed by atoms with Gasteiger partial charge in [-0.2, -0.15) is 0 Å². The Labute approximate surface area is 191 Å². The molecule has 0 radical (unpaired) electrons. The molecule has 1 fully saturated rings. The highest BCUT2D eigenvalue weighted by molar-refractivity contribution is 5.91. The summed E-state index contributed by atoms with van der Waals surface area (Å²) in [5.74, 6) is -0.716. The third-order valence-electron chi connectivity index (χ3n) is 6.28. The highest BCUT2D eigenvalue weighted by Gasteiger charge is 2.31. The third kappa shape index (κ3) is 7.84. The molecule has 0 aliphatic heterocycles. The number of aromatic hydroxyl groups is 1. The number of benzene rings is 1. The van der Waals surface area contributed by atoms with Crippen molar-refractivity contribution in [3.05, 3.63) is 29.8 Å². The molecule has 0 heterocycles. The quantitative estimate of drug-likeness (QED) is 0.478. The van der Waals surface area contributed by atoms with Crippen molar-refractivity contribution in [1.29, 1.82) is 0 Å². The molecule has 1 aliphatic rings. The van der Waals surface area contributed by atoms with Gasteiger partial charge in [-0.25, -0.2) is 4.79 Å². The van der Waals surface area contributed by atoms with Crippen molar-refractivity contribution < 1.29 is 24.2 Å². The number of phenols is 1. The average molecular weight is 447 g/mol. The summed E-state index contributed by atoms with van der Waals surface area (Å²) in [6.07, 6.45) is 7.13. The summed E-state index contributed by atoms with van der Waals surface area (Å²) < 4.78 is 4.86. The summed E-state index contributed by atoms with van der Waals surface area (Å²) >= 11 is 0. The van der Waals surface area contributed by atoms with Gasteiger partial charge in [0.2, 0.25) is 11.8 Å². The fourth-order valence-electron chi connectivity index (χ4n) is 4.33. The Kier molecular flexibility index (Phi) is 10.0. The van der Waals surface area contributed by atoms with Crippen LogP contribution in [-0.4, -0.2) is 42.1 Å². The first-order valence-electron chi connectivity index (χ1n) is 11.7. The Bertz CT molecular complexity index is 756. The molecule has 32 heavy (non-hydrogen) atoms. The van der Waals surface area contributed by atoms with E-state index in [9.17, 15) is 19.5 Å². The summed E-state index contributed by atoms with van der Waals surface area (Å²) in [4.78, 5) is 38.2. The molecule has 3 atom stereocenters. The lowest BCUT2D eigenvalue weighted by molar-refractivity contribution is -0.145. The fraction of sp³-hybridized carbons (Fsp3) is 0.640. The van der Waals surface area contributed by atoms with Crippen molar-refractivity contribution in [3.8, 4) is 5.75 Å². The zero-order valence-corrected chi connectivity index (χ0v) is 19.7. The molecular formula is C25H38N2O5. The van der Waals surface area contributed by atoms with E-state index in [0.29, 0.717) is 5.92 Å². The second kappa shape index (κ2) is 12.5. The highest BCUT2D eigenvalue weighted by Crippen LogP contribution is 2.29. The Morgan fingerprint density at radius 3 is 2.19 bits per heavy atom. The molecule has 178 valence electrons. The summed E-state index contributed by atoms with van der Waals surface area (Å²) in [7, 11) is 1.27. The van der Waals surface area contributed by atoms with E-state index in [1.165, 1.54) is 51.3 Å². The van der Waals surface area contributed by atoms with Crippen molar-refractivity contribution in [2.24, 2.45) is 17.8 Å². The Morgan fingerprint density at radius 1 is 1.00 bits per heavy atom. The lowest BCUT2D eigenvalue weighted by atomic mass is 9.83. The maximum atomic E-state index is 13.0. The molecule has 7 heteroatoms. The number of nitrogens with one attached hydrogen (secondary N) is 2. The van der Waals surface area contributed by atoms with Crippen LogP contribution in [0.5, 0.6) is 5.75 Å². The van der Waals surface area contributed by atoms with E-state index in [-0.39, 0.29) is 29.9 Å². The second-order valence-corrected chi connectivity index (χ2v) is 9.33. The van der Waals surface area contributed by atoms with Crippen LogP contribution in [0.3, 0.4) is 0 Å². The standard InChI is InChI=1S/C25H38N2O5/c1-16(2)22(27-23(29)17(3)14-18-8-6-5-7-9-18)24(30)26-21(25(31)32-4)15-19-10-12-20(28)13-11-19/h10-13,16-18,21-22,28H,5-9,14-15H2,1-4H3,(H,26,30)(H,27,29)/t17-,21+,22+/m1/s1. The first-order valence-corrected chi connectivity index (χ1v) is 11.7. The van der Waals surface area contributed by atoms with E-state index >= 15 is 0 Å². The first-order chi connectivity index (χ1) is 15.2. The van der Waals surface area contributed by atoms with Gasteiger partial charge in [-0.15, -0.1) is 0 Å². The monoisotopic (exact) mass is 446 g/mol. The lowest BCUT2D eigenvalue weighted by Gasteiger charge is -2.28. The Balaban J connectivity index is 2.01. The molecule has 1 aliphatic carbocycles. The van der Waals surface area contributed by atoms with Gasteiger partial charge in [0.25, 0.3) is 0 Å². The number of ether oxygens (including phenoxy) is 1. The summed E-state index contributed by atoms with van der Waals surface area (Å²) in [5, 5.41) is 15.1.